The monoisotopic (exact) mass is 465 g/mol. The Kier molecular flexibility index (Phi) is 5.90. The molecule has 10 heteroatoms. The molecule has 1 aromatic carbocycles. The maximum Gasteiger partial charge on any atom is 0.226 e. The number of halogens is 1. The Morgan fingerprint density at radius 1 is 1.06 bits per heavy atom. The lowest BCUT2D eigenvalue weighted by Gasteiger charge is -2.32. The third-order valence-electron chi connectivity index (χ3n) is 6.04. The van der Waals surface area contributed by atoms with Crippen LogP contribution in [0.25, 0.3) is 16.9 Å². The zero-order chi connectivity index (χ0) is 22.9. The van der Waals surface area contributed by atoms with Gasteiger partial charge in [0, 0.05) is 51.0 Å². The first kappa shape index (κ1) is 21.7. The fourth-order valence-electron chi connectivity index (χ4n) is 4.11. The average molecular weight is 466 g/mol. The van der Waals surface area contributed by atoms with Gasteiger partial charge in [-0.05, 0) is 44.1 Å². The number of likely N-dealkylation sites (N-methyl/N-ethyl adjacent to an activating group) is 1. The lowest BCUT2D eigenvalue weighted by molar-refractivity contribution is 0.312. The molecule has 0 unspecified atom stereocenters. The van der Waals surface area contributed by atoms with Crippen LogP contribution in [0.3, 0.4) is 0 Å². The number of nitrogens with one attached hydrogen (secondary N) is 1. The van der Waals surface area contributed by atoms with Crippen LogP contribution in [0.15, 0.2) is 42.9 Å². The second kappa shape index (κ2) is 8.99. The molecule has 172 valence electrons. The molecule has 1 aliphatic heterocycles. The summed E-state index contributed by atoms with van der Waals surface area (Å²) in [7, 11) is 2.16. The van der Waals surface area contributed by atoms with Gasteiger partial charge in [0.1, 0.15) is 0 Å². The van der Waals surface area contributed by atoms with Crippen LogP contribution in [-0.2, 0) is 6.54 Å². The minimum atomic E-state index is 0.199. The number of hydrogen-bond donors (Lipinski definition) is 1. The summed E-state index contributed by atoms with van der Waals surface area (Å²) < 4.78 is 3.94. The highest BCUT2D eigenvalue weighted by molar-refractivity contribution is 6.28. The summed E-state index contributed by atoms with van der Waals surface area (Å²) in [6.45, 7) is 8.80. The summed E-state index contributed by atoms with van der Waals surface area (Å²) in [4.78, 5) is 18.0. The minimum Gasteiger partial charge on any atom is -0.364 e. The topological polar surface area (TPSA) is 79.9 Å². The first-order valence-electron chi connectivity index (χ1n) is 11.2. The van der Waals surface area contributed by atoms with Gasteiger partial charge in [-0.3, -0.25) is 0 Å². The number of para-hydroxylation sites is 1. The molecule has 0 spiro atoms. The Balaban J connectivity index is 1.39. The van der Waals surface area contributed by atoms with Crippen molar-refractivity contribution in [3.05, 3.63) is 53.7 Å². The third kappa shape index (κ3) is 4.38. The van der Waals surface area contributed by atoms with Crippen LogP contribution in [0.5, 0.6) is 0 Å². The van der Waals surface area contributed by atoms with E-state index >= 15 is 0 Å². The molecular formula is C23H28ClN9. The molecule has 3 aromatic heterocycles. The molecule has 0 amide bonds. The van der Waals surface area contributed by atoms with Crippen molar-refractivity contribution in [1.82, 2.24) is 34.2 Å². The third-order valence-corrected chi connectivity index (χ3v) is 6.21. The van der Waals surface area contributed by atoms with Gasteiger partial charge in [0.05, 0.1) is 12.0 Å². The van der Waals surface area contributed by atoms with Gasteiger partial charge in [0.25, 0.3) is 0 Å². The molecule has 4 aromatic rings. The van der Waals surface area contributed by atoms with Crippen molar-refractivity contribution >= 4 is 34.4 Å². The van der Waals surface area contributed by atoms with E-state index in [-0.39, 0.29) is 11.3 Å². The molecule has 0 radical (unpaired) electrons. The van der Waals surface area contributed by atoms with Crippen molar-refractivity contribution in [3.63, 3.8) is 0 Å². The molecule has 0 aliphatic carbocycles. The van der Waals surface area contributed by atoms with E-state index in [0.717, 1.165) is 48.9 Å². The van der Waals surface area contributed by atoms with E-state index in [1.165, 1.54) is 0 Å². The van der Waals surface area contributed by atoms with Crippen LogP contribution < -0.4 is 10.2 Å². The molecule has 1 aliphatic rings. The lowest BCUT2D eigenvalue weighted by Crippen LogP contribution is -2.44. The fraction of sp³-hybridized carbons (Fsp3) is 0.391. The van der Waals surface area contributed by atoms with Crippen LogP contribution in [0.1, 0.15) is 25.5 Å². The molecule has 9 nitrogen and oxygen atoms in total. The number of imidazole rings is 1. The number of anilines is 2. The van der Waals surface area contributed by atoms with E-state index in [9.17, 15) is 0 Å². The number of fused-ring (bicyclic) bond motifs is 1. The molecule has 5 rings (SSSR count). The van der Waals surface area contributed by atoms with Crippen molar-refractivity contribution in [2.45, 2.75) is 26.4 Å². The maximum absolute atomic E-state index is 6.23. The molecule has 0 saturated carbocycles. The van der Waals surface area contributed by atoms with Gasteiger partial charge >= 0.3 is 0 Å². The normalized spacial score (nSPS) is 15.0. The Labute approximate surface area is 198 Å². The van der Waals surface area contributed by atoms with Crippen molar-refractivity contribution in [1.29, 1.82) is 0 Å². The second-order valence-corrected chi connectivity index (χ2v) is 8.99. The van der Waals surface area contributed by atoms with Gasteiger partial charge in [-0.25, -0.2) is 9.67 Å². The van der Waals surface area contributed by atoms with Crippen LogP contribution in [0.4, 0.5) is 11.6 Å². The number of rotatable bonds is 6. The van der Waals surface area contributed by atoms with Crippen molar-refractivity contribution in [2.24, 2.45) is 0 Å². The first-order valence-corrected chi connectivity index (χ1v) is 11.6. The van der Waals surface area contributed by atoms with E-state index < -0.39 is 0 Å². The SMILES string of the molecule is CC(C)n1cnc2c(NCc3ccccc3-n3ccc(N4CCN(C)CC4)n3)nc(Cl)nc21. The summed E-state index contributed by atoms with van der Waals surface area (Å²) in [6, 6.07) is 10.5. The molecule has 1 N–H and O–H groups in total. The highest BCUT2D eigenvalue weighted by Crippen LogP contribution is 2.25. The molecule has 1 fully saturated rings. The predicted molar refractivity (Wildman–Crippen MR) is 131 cm³/mol. The van der Waals surface area contributed by atoms with Gasteiger partial charge in [-0.1, -0.05) is 18.2 Å². The Morgan fingerprint density at radius 3 is 2.64 bits per heavy atom. The molecule has 0 atom stereocenters. The Bertz CT molecular complexity index is 1250. The maximum atomic E-state index is 6.23. The van der Waals surface area contributed by atoms with Gasteiger partial charge in [-0.2, -0.15) is 15.1 Å². The van der Waals surface area contributed by atoms with Crippen LogP contribution in [-0.4, -0.2) is 67.4 Å². The summed E-state index contributed by atoms with van der Waals surface area (Å²) in [5.74, 6) is 1.63. The summed E-state index contributed by atoms with van der Waals surface area (Å²) >= 11 is 6.23. The van der Waals surface area contributed by atoms with Crippen LogP contribution in [0, 0.1) is 0 Å². The Hall–Kier alpha value is -3.17. The zero-order valence-corrected chi connectivity index (χ0v) is 19.9. The number of aromatic nitrogens is 6. The van der Waals surface area contributed by atoms with Gasteiger partial charge < -0.3 is 19.7 Å². The van der Waals surface area contributed by atoms with Gasteiger partial charge in [0.2, 0.25) is 5.28 Å². The van der Waals surface area contributed by atoms with Crippen molar-refractivity contribution < 1.29 is 0 Å². The molecule has 1 saturated heterocycles. The predicted octanol–water partition coefficient (Wildman–Crippen LogP) is 3.61. The largest absolute Gasteiger partial charge is 0.364 e. The molecular weight excluding hydrogens is 438 g/mol. The van der Waals surface area contributed by atoms with Crippen LogP contribution in [0.2, 0.25) is 5.28 Å². The summed E-state index contributed by atoms with van der Waals surface area (Å²) in [6.07, 6.45) is 3.81. The lowest BCUT2D eigenvalue weighted by atomic mass is 10.2. The van der Waals surface area contributed by atoms with E-state index in [1.54, 1.807) is 6.33 Å². The Morgan fingerprint density at radius 2 is 1.85 bits per heavy atom. The van der Waals surface area contributed by atoms with E-state index in [0.29, 0.717) is 17.9 Å². The van der Waals surface area contributed by atoms with E-state index in [1.807, 2.05) is 27.6 Å². The average Bonchev–Trinajstić information content (AvgIpc) is 3.46. The van der Waals surface area contributed by atoms with Gasteiger partial charge in [-0.15, -0.1) is 0 Å². The first-order chi connectivity index (χ1) is 16.0. The number of hydrogen-bond acceptors (Lipinski definition) is 7. The minimum absolute atomic E-state index is 0.199. The number of benzene rings is 1. The molecule has 33 heavy (non-hydrogen) atoms. The molecule has 4 heterocycles. The summed E-state index contributed by atoms with van der Waals surface area (Å²) in [5, 5.41) is 8.48. The standard InChI is InChI=1S/C23H28ClN9/c1-16(2)32-15-26-20-21(27-23(24)28-22(20)32)25-14-17-6-4-5-7-18(17)33-9-8-19(29-33)31-12-10-30(3)11-13-31/h4-9,15-16H,10-14H2,1-3H3,(H,25,27,28). The van der Waals surface area contributed by atoms with Gasteiger partial charge in [0.15, 0.2) is 22.8 Å². The van der Waals surface area contributed by atoms with Crippen molar-refractivity contribution in [3.8, 4) is 5.69 Å². The molecule has 0 bridgehead atoms. The highest BCUT2D eigenvalue weighted by Gasteiger charge is 2.18. The number of nitrogens with zero attached hydrogens (tertiary/aromatic N) is 8. The van der Waals surface area contributed by atoms with Crippen molar-refractivity contribution in [2.75, 3.05) is 43.4 Å². The number of piperazine rings is 1. The summed E-state index contributed by atoms with van der Waals surface area (Å²) in [5.41, 5.74) is 3.55. The fourth-order valence-corrected chi connectivity index (χ4v) is 4.27. The smallest absolute Gasteiger partial charge is 0.226 e. The highest BCUT2D eigenvalue weighted by atomic mass is 35.5. The second-order valence-electron chi connectivity index (χ2n) is 8.65. The quantitative estimate of drug-likeness (QED) is 0.436. The van der Waals surface area contributed by atoms with E-state index in [4.69, 9.17) is 16.7 Å². The van der Waals surface area contributed by atoms with E-state index in [2.05, 4.69) is 69.2 Å². The van der Waals surface area contributed by atoms with Crippen LogP contribution >= 0.6 is 11.6 Å². The zero-order valence-electron chi connectivity index (χ0n) is 19.1.